The molecule has 1 rings (SSSR count). The van der Waals surface area contributed by atoms with Gasteiger partial charge in [-0.25, -0.2) is 0 Å². The van der Waals surface area contributed by atoms with Crippen molar-refractivity contribution < 1.29 is 19.1 Å². The Balaban J connectivity index is 2.53. The van der Waals surface area contributed by atoms with Gasteiger partial charge in [-0.15, -0.1) is 0 Å². The number of esters is 1. The summed E-state index contributed by atoms with van der Waals surface area (Å²) in [5, 5.41) is 3.10. The molecule has 1 atom stereocenters. The van der Waals surface area contributed by atoms with Crippen LogP contribution in [0.3, 0.4) is 0 Å². The molecule has 0 saturated carbocycles. The summed E-state index contributed by atoms with van der Waals surface area (Å²) in [5.41, 5.74) is 6.11. The lowest BCUT2D eigenvalue weighted by Gasteiger charge is -2.15. The number of hydrogen-bond acceptors (Lipinski definition) is 4. The van der Waals surface area contributed by atoms with E-state index in [0.717, 1.165) is 5.56 Å². The number of nitrogens with one attached hydrogen (secondary N) is 1. The molecule has 0 saturated heterocycles. The molecule has 0 spiro atoms. The second-order valence-electron chi connectivity index (χ2n) is 4.66. The molecule has 0 aliphatic rings. The summed E-state index contributed by atoms with van der Waals surface area (Å²) >= 11 is 5.79. The number of amides is 2. The van der Waals surface area contributed by atoms with Gasteiger partial charge in [0, 0.05) is 17.9 Å². The highest BCUT2D eigenvalue weighted by atomic mass is 35.5. The van der Waals surface area contributed by atoms with Gasteiger partial charge < -0.3 is 15.8 Å². The molecule has 0 fully saturated rings. The Morgan fingerprint density at radius 3 is 2.41 bits per heavy atom. The zero-order valence-electron chi connectivity index (χ0n) is 12.3. The van der Waals surface area contributed by atoms with Gasteiger partial charge in [0.15, 0.2) is 0 Å². The number of nitrogens with two attached hydrogens (primary N) is 1. The van der Waals surface area contributed by atoms with Crippen molar-refractivity contribution in [2.75, 3.05) is 6.61 Å². The molecular weight excluding hydrogens is 308 g/mol. The van der Waals surface area contributed by atoms with Crippen molar-refractivity contribution in [3.8, 4) is 0 Å². The summed E-state index contributed by atoms with van der Waals surface area (Å²) in [7, 11) is 0. The minimum atomic E-state index is -0.837. The van der Waals surface area contributed by atoms with Crippen LogP contribution in [0.1, 0.15) is 25.3 Å². The smallest absolute Gasteiger partial charge is 0.306 e. The van der Waals surface area contributed by atoms with Crippen LogP contribution >= 0.6 is 11.6 Å². The van der Waals surface area contributed by atoms with E-state index in [-0.39, 0.29) is 25.9 Å². The lowest BCUT2D eigenvalue weighted by atomic mass is 10.1. The predicted octanol–water partition coefficient (Wildman–Crippen LogP) is 1.20. The molecule has 0 aromatic heterocycles. The Hall–Kier alpha value is -2.08. The third kappa shape index (κ3) is 6.58. The van der Waals surface area contributed by atoms with Crippen molar-refractivity contribution in [2.24, 2.45) is 5.73 Å². The molecule has 1 aromatic carbocycles. The number of benzene rings is 1. The van der Waals surface area contributed by atoms with E-state index in [0.29, 0.717) is 5.02 Å². The Bertz CT molecular complexity index is 531. The van der Waals surface area contributed by atoms with E-state index in [9.17, 15) is 14.4 Å². The third-order valence-corrected chi connectivity index (χ3v) is 3.15. The van der Waals surface area contributed by atoms with E-state index in [1.165, 1.54) is 0 Å². The summed E-state index contributed by atoms with van der Waals surface area (Å²) in [4.78, 5) is 34.4. The van der Waals surface area contributed by atoms with Gasteiger partial charge in [-0.3, -0.25) is 14.4 Å². The molecule has 3 N–H and O–H groups in total. The van der Waals surface area contributed by atoms with Crippen LogP contribution in [-0.4, -0.2) is 30.4 Å². The van der Waals surface area contributed by atoms with Crippen LogP contribution in [0, 0.1) is 0 Å². The van der Waals surface area contributed by atoms with E-state index >= 15 is 0 Å². The van der Waals surface area contributed by atoms with E-state index in [4.69, 9.17) is 22.1 Å². The summed E-state index contributed by atoms with van der Waals surface area (Å²) in [6, 6.07) is 6.05. The average molecular weight is 327 g/mol. The van der Waals surface area contributed by atoms with E-state index < -0.39 is 23.8 Å². The Kier molecular flexibility index (Phi) is 7.39. The minimum Gasteiger partial charge on any atom is -0.466 e. The number of carbonyl (C=O) groups excluding carboxylic acids is 3. The zero-order valence-corrected chi connectivity index (χ0v) is 13.1. The van der Waals surface area contributed by atoms with Gasteiger partial charge in [0.25, 0.3) is 0 Å². The summed E-state index contributed by atoms with van der Waals surface area (Å²) in [6.07, 6.45) is 0.174. The van der Waals surface area contributed by atoms with Crippen molar-refractivity contribution >= 4 is 29.4 Å². The molecule has 0 radical (unpaired) electrons. The Morgan fingerprint density at radius 2 is 1.86 bits per heavy atom. The van der Waals surface area contributed by atoms with Crippen molar-refractivity contribution in [1.29, 1.82) is 0 Å². The molecular formula is C15H19ClN2O4. The second-order valence-corrected chi connectivity index (χ2v) is 5.09. The SMILES string of the molecule is CCOC(=O)CCC(=O)N[C@@H](Cc1ccc(Cl)cc1)C(N)=O. The van der Waals surface area contributed by atoms with Gasteiger partial charge in [-0.2, -0.15) is 0 Å². The predicted molar refractivity (Wildman–Crippen MR) is 82.1 cm³/mol. The first-order valence-electron chi connectivity index (χ1n) is 6.91. The second kappa shape index (κ2) is 9.04. The van der Waals surface area contributed by atoms with Gasteiger partial charge in [-0.1, -0.05) is 23.7 Å². The minimum absolute atomic E-state index is 0.0356. The highest BCUT2D eigenvalue weighted by Crippen LogP contribution is 2.11. The fourth-order valence-electron chi connectivity index (χ4n) is 1.79. The maximum Gasteiger partial charge on any atom is 0.306 e. The van der Waals surface area contributed by atoms with Gasteiger partial charge in [-0.05, 0) is 24.6 Å². The standard InChI is InChI=1S/C15H19ClN2O4/c1-2-22-14(20)8-7-13(19)18-12(15(17)21)9-10-3-5-11(16)6-4-10/h3-6,12H,2,7-9H2,1H3,(H2,17,21)(H,18,19)/t12-/m0/s1. The van der Waals surface area contributed by atoms with Gasteiger partial charge in [0.05, 0.1) is 13.0 Å². The third-order valence-electron chi connectivity index (χ3n) is 2.89. The fourth-order valence-corrected chi connectivity index (χ4v) is 1.92. The maximum absolute atomic E-state index is 11.8. The van der Waals surface area contributed by atoms with Crippen LogP contribution in [0.15, 0.2) is 24.3 Å². The number of hydrogen-bond donors (Lipinski definition) is 2. The first-order chi connectivity index (χ1) is 10.4. The largest absolute Gasteiger partial charge is 0.466 e. The van der Waals surface area contributed by atoms with Gasteiger partial charge in [0.1, 0.15) is 6.04 Å². The lowest BCUT2D eigenvalue weighted by molar-refractivity contribution is -0.144. The monoisotopic (exact) mass is 326 g/mol. The Labute approximate surface area is 134 Å². The number of carbonyl (C=O) groups is 3. The molecule has 0 aliphatic carbocycles. The summed E-state index contributed by atoms with van der Waals surface area (Å²) in [5.74, 6) is -1.52. The van der Waals surface area contributed by atoms with Crippen LogP contribution in [0.4, 0.5) is 0 Å². The van der Waals surface area contributed by atoms with E-state index in [1.54, 1.807) is 31.2 Å². The number of rotatable bonds is 8. The van der Waals surface area contributed by atoms with Crippen LogP contribution in [0.5, 0.6) is 0 Å². The normalized spacial score (nSPS) is 11.5. The average Bonchev–Trinajstić information content (AvgIpc) is 2.47. The van der Waals surface area contributed by atoms with E-state index in [1.807, 2.05) is 0 Å². The summed E-state index contributed by atoms with van der Waals surface area (Å²) in [6.45, 7) is 1.95. The highest BCUT2D eigenvalue weighted by Gasteiger charge is 2.19. The first kappa shape index (κ1) is 18.0. The van der Waals surface area contributed by atoms with Gasteiger partial charge >= 0.3 is 5.97 Å². The molecule has 0 bridgehead atoms. The molecule has 0 aliphatic heterocycles. The first-order valence-corrected chi connectivity index (χ1v) is 7.29. The van der Waals surface area contributed by atoms with E-state index in [2.05, 4.69) is 5.32 Å². The highest BCUT2D eigenvalue weighted by molar-refractivity contribution is 6.30. The molecule has 0 heterocycles. The number of primary amides is 1. The van der Waals surface area contributed by atoms with Crippen LogP contribution in [-0.2, 0) is 25.5 Å². The molecule has 1 aromatic rings. The molecule has 7 heteroatoms. The molecule has 120 valence electrons. The Morgan fingerprint density at radius 1 is 1.23 bits per heavy atom. The number of halogens is 1. The lowest BCUT2D eigenvalue weighted by Crippen LogP contribution is -2.45. The molecule has 6 nitrogen and oxygen atoms in total. The van der Waals surface area contributed by atoms with Crippen LogP contribution in [0.25, 0.3) is 0 Å². The topological polar surface area (TPSA) is 98.5 Å². The zero-order chi connectivity index (χ0) is 16.5. The van der Waals surface area contributed by atoms with Crippen molar-refractivity contribution in [3.63, 3.8) is 0 Å². The fraction of sp³-hybridized carbons (Fsp3) is 0.400. The summed E-state index contributed by atoms with van der Waals surface area (Å²) < 4.78 is 4.73. The van der Waals surface area contributed by atoms with Crippen molar-refractivity contribution in [2.45, 2.75) is 32.2 Å². The number of ether oxygens (including phenoxy) is 1. The van der Waals surface area contributed by atoms with Gasteiger partial charge in [0.2, 0.25) is 11.8 Å². The van der Waals surface area contributed by atoms with Crippen LogP contribution < -0.4 is 11.1 Å². The molecule has 22 heavy (non-hydrogen) atoms. The molecule has 0 unspecified atom stereocenters. The quantitative estimate of drug-likeness (QED) is 0.701. The van der Waals surface area contributed by atoms with Crippen molar-refractivity contribution in [1.82, 2.24) is 5.32 Å². The van der Waals surface area contributed by atoms with Crippen molar-refractivity contribution in [3.05, 3.63) is 34.9 Å². The molecule has 2 amide bonds. The maximum atomic E-state index is 11.8. The van der Waals surface area contributed by atoms with Crippen LogP contribution in [0.2, 0.25) is 5.02 Å².